The zero-order valence-electron chi connectivity index (χ0n) is 17.2. The topological polar surface area (TPSA) is 61.8 Å². The molecule has 1 aliphatic rings. The van der Waals surface area contributed by atoms with E-state index in [-0.39, 0.29) is 0 Å². The summed E-state index contributed by atoms with van der Waals surface area (Å²) in [7, 11) is 1.77. The summed E-state index contributed by atoms with van der Waals surface area (Å²) < 4.78 is 5.19. The van der Waals surface area contributed by atoms with Crippen LogP contribution in [0.4, 0.5) is 0 Å². The molecule has 152 valence electrons. The van der Waals surface area contributed by atoms with Gasteiger partial charge in [-0.15, -0.1) is 0 Å². The zero-order valence-corrected chi connectivity index (χ0v) is 17.2. The van der Waals surface area contributed by atoms with E-state index in [1.54, 1.807) is 7.11 Å². The fraction of sp³-hybridized carbons (Fsp3) is 0.545. The van der Waals surface area contributed by atoms with Crippen LogP contribution in [0, 0.1) is 5.92 Å². The highest BCUT2D eigenvalue weighted by Gasteiger charge is 2.19. The van der Waals surface area contributed by atoms with E-state index >= 15 is 0 Å². The number of para-hydroxylation sites is 1. The average Bonchev–Trinajstić information content (AvgIpc) is 2.75. The van der Waals surface area contributed by atoms with Gasteiger partial charge in [-0.1, -0.05) is 18.2 Å². The van der Waals surface area contributed by atoms with Gasteiger partial charge in [-0.25, -0.2) is 4.99 Å². The maximum atomic E-state index is 5.19. The minimum Gasteiger partial charge on any atom is -0.383 e. The molecule has 6 heteroatoms. The van der Waals surface area contributed by atoms with Crippen molar-refractivity contribution < 1.29 is 4.74 Å². The van der Waals surface area contributed by atoms with Crippen molar-refractivity contribution in [1.29, 1.82) is 0 Å². The Morgan fingerprint density at radius 3 is 2.82 bits per heavy atom. The monoisotopic (exact) mass is 383 g/mol. The summed E-state index contributed by atoms with van der Waals surface area (Å²) in [5.74, 6) is 1.59. The zero-order chi connectivity index (χ0) is 19.6. The number of nitrogens with zero attached hydrogens (tertiary/aromatic N) is 3. The highest BCUT2D eigenvalue weighted by Crippen LogP contribution is 2.17. The van der Waals surface area contributed by atoms with Crippen molar-refractivity contribution in [3.05, 3.63) is 42.1 Å². The minimum atomic E-state index is 0.647. The average molecular weight is 384 g/mol. The molecule has 3 rings (SSSR count). The Morgan fingerprint density at radius 2 is 2.04 bits per heavy atom. The van der Waals surface area contributed by atoms with Crippen LogP contribution in [0.1, 0.15) is 25.3 Å². The number of benzene rings is 1. The Hall–Kier alpha value is -2.18. The summed E-state index contributed by atoms with van der Waals surface area (Å²) >= 11 is 0. The number of aliphatic imine (C=N–C) groups is 1. The number of guanidine groups is 1. The number of piperidine rings is 1. The summed E-state index contributed by atoms with van der Waals surface area (Å²) in [5, 5.41) is 8.09. The van der Waals surface area contributed by atoms with E-state index in [4.69, 9.17) is 9.73 Å². The molecule has 1 aromatic carbocycles. The second-order valence-corrected chi connectivity index (χ2v) is 7.34. The molecule has 6 nitrogen and oxygen atoms in total. The van der Waals surface area contributed by atoms with Crippen LogP contribution in [0.2, 0.25) is 0 Å². The first kappa shape index (κ1) is 20.6. The lowest BCUT2D eigenvalue weighted by atomic mass is 9.97. The van der Waals surface area contributed by atoms with E-state index in [0.29, 0.717) is 12.5 Å². The molecule has 2 N–H and O–H groups in total. The van der Waals surface area contributed by atoms with Crippen LogP contribution < -0.4 is 10.6 Å². The first-order valence-corrected chi connectivity index (χ1v) is 10.4. The number of methoxy groups -OCH3 is 1. The number of hydrogen-bond acceptors (Lipinski definition) is 4. The molecule has 1 aromatic heterocycles. The Morgan fingerprint density at radius 1 is 1.21 bits per heavy atom. The highest BCUT2D eigenvalue weighted by atomic mass is 16.5. The molecular weight excluding hydrogens is 350 g/mol. The van der Waals surface area contributed by atoms with Crippen LogP contribution in [0.5, 0.6) is 0 Å². The number of rotatable bonds is 8. The lowest BCUT2D eigenvalue weighted by molar-refractivity contribution is 0.121. The van der Waals surface area contributed by atoms with Gasteiger partial charge in [0.2, 0.25) is 0 Å². The van der Waals surface area contributed by atoms with E-state index < -0.39 is 0 Å². The summed E-state index contributed by atoms with van der Waals surface area (Å²) in [4.78, 5) is 11.7. The first-order valence-electron chi connectivity index (χ1n) is 10.4. The molecule has 0 unspecified atom stereocenters. The molecule has 2 aromatic rings. The third kappa shape index (κ3) is 5.91. The number of ether oxygens (including phenoxy) is 1. The molecule has 0 atom stereocenters. The molecule has 1 aliphatic heterocycles. The number of pyridine rings is 1. The van der Waals surface area contributed by atoms with Gasteiger partial charge < -0.3 is 20.3 Å². The van der Waals surface area contributed by atoms with Gasteiger partial charge >= 0.3 is 0 Å². The van der Waals surface area contributed by atoms with Crippen molar-refractivity contribution in [2.24, 2.45) is 10.9 Å². The van der Waals surface area contributed by atoms with Gasteiger partial charge in [-0.05, 0) is 56.5 Å². The van der Waals surface area contributed by atoms with Crippen molar-refractivity contribution in [1.82, 2.24) is 20.5 Å². The minimum absolute atomic E-state index is 0.647. The quantitative estimate of drug-likeness (QED) is 0.542. The second kappa shape index (κ2) is 11.0. The lowest BCUT2D eigenvalue weighted by Crippen LogP contribution is -2.43. The Bertz CT molecular complexity index is 750. The molecule has 0 bridgehead atoms. The van der Waals surface area contributed by atoms with E-state index in [2.05, 4.69) is 45.6 Å². The Kier molecular flexibility index (Phi) is 8.06. The Balaban J connectivity index is 1.53. The second-order valence-electron chi connectivity index (χ2n) is 7.34. The van der Waals surface area contributed by atoms with Crippen LogP contribution >= 0.6 is 0 Å². The van der Waals surface area contributed by atoms with Crippen LogP contribution in [-0.2, 0) is 11.3 Å². The molecule has 0 amide bonds. The number of nitrogens with one attached hydrogen (secondary N) is 2. The maximum Gasteiger partial charge on any atom is 0.191 e. The molecule has 2 heterocycles. The SMILES string of the molecule is CCNC(=NCc1ccnc2ccccc12)NCC1CCN(CCOC)CC1. The van der Waals surface area contributed by atoms with Crippen LogP contribution in [0.25, 0.3) is 10.9 Å². The van der Waals surface area contributed by atoms with Crippen molar-refractivity contribution in [3.8, 4) is 0 Å². The molecule has 0 radical (unpaired) electrons. The van der Waals surface area contributed by atoms with Gasteiger partial charge in [0.1, 0.15) is 0 Å². The largest absolute Gasteiger partial charge is 0.383 e. The van der Waals surface area contributed by atoms with Crippen molar-refractivity contribution in [2.75, 3.05) is 46.4 Å². The van der Waals surface area contributed by atoms with Gasteiger partial charge in [0, 0.05) is 38.3 Å². The van der Waals surface area contributed by atoms with E-state index in [0.717, 1.165) is 50.8 Å². The fourth-order valence-corrected chi connectivity index (χ4v) is 3.67. The van der Waals surface area contributed by atoms with Crippen molar-refractivity contribution >= 4 is 16.9 Å². The molecule has 0 spiro atoms. The molecule has 1 saturated heterocycles. The van der Waals surface area contributed by atoms with Crippen molar-refractivity contribution in [2.45, 2.75) is 26.3 Å². The molecular formula is C22H33N5O. The summed E-state index contributed by atoms with van der Waals surface area (Å²) in [6.07, 6.45) is 4.32. The van der Waals surface area contributed by atoms with Crippen molar-refractivity contribution in [3.63, 3.8) is 0 Å². The summed E-state index contributed by atoms with van der Waals surface area (Å²) in [6, 6.07) is 10.3. The van der Waals surface area contributed by atoms with Crippen LogP contribution in [-0.4, -0.2) is 62.3 Å². The fourth-order valence-electron chi connectivity index (χ4n) is 3.67. The van der Waals surface area contributed by atoms with E-state index in [1.807, 2.05) is 18.3 Å². The normalized spacial score (nSPS) is 16.4. The molecule has 0 aliphatic carbocycles. The molecule has 0 saturated carbocycles. The third-order valence-corrected chi connectivity index (χ3v) is 5.37. The lowest BCUT2D eigenvalue weighted by Gasteiger charge is -2.32. The number of aromatic nitrogens is 1. The molecule has 28 heavy (non-hydrogen) atoms. The van der Waals surface area contributed by atoms with Gasteiger partial charge in [-0.3, -0.25) is 4.98 Å². The number of hydrogen-bond donors (Lipinski definition) is 2. The van der Waals surface area contributed by atoms with Gasteiger partial charge in [0.05, 0.1) is 18.7 Å². The predicted molar refractivity (Wildman–Crippen MR) is 116 cm³/mol. The first-order chi connectivity index (χ1) is 13.8. The van der Waals surface area contributed by atoms with Crippen LogP contribution in [0.15, 0.2) is 41.5 Å². The maximum absolute atomic E-state index is 5.19. The van der Waals surface area contributed by atoms with Gasteiger partial charge in [0.25, 0.3) is 0 Å². The Labute approximate surface area is 168 Å². The van der Waals surface area contributed by atoms with Gasteiger partial charge in [-0.2, -0.15) is 0 Å². The standard InChI is InChI=1S/C22H33N5O/c1-3-23-22(25-16-18-9-12-27(13-10-18)14-15-28-2)26-17-19-8-11-24-21-7-5-4-6-20(19)21/h4-8,11,18H,3,9-10,12-17H2,1-2H3,(H2,23,25,26). The number of likely N-dealkylation sites (tertiary alicyclic amines) is 1. The third-order valence-electron chi connectivity index (χ3n) is 5.37. The van der Waals surface area contributed by atoms with E-state index in [1.165, 1.54) is 23.8 Å². The number of fused-ring (bicyclic) bond motifs is 1. The predicted octanol–water partition coefficient (Wildman–Crippen LogP) is 2.65. The van der Waals surface area contributed by atoms with Crippen LogP contribution in [0.3, 0.4) is 0 Å². The van der Waals surface area contributed by atoms with E-state index in [9.17, 15) is 0 Å². The molecule has 1 fully saturated rings. The highest BCUT2D eigenvalue weighted by molar-refractivity contribution is 5.83. The summed E-state index contributed by atoms with van der Waals surface area (Å²) in [5.41, 5.74) is 2.22. The summed E-state index contributed by atoms with van der Waals surface area (Å²) in [6.45, 7) is 8.77. The van der Waals surface area contributed by atoms with Gasteiger partial charge in [0.15, 0.2) is 5.96 Å². The smallest absolute Gasteiger partial charge is 0.191 e.